The molecule has 0 saturated heterocycles. The average Bonchev–Trinajstić information content (AvgIpc) is 3.77. The summed E-state index contributed by atoms with van der Waals surface area (Å²) >= 11 is 0. The van der Waals surface area contributed by atoms with Crippen LogP contribution < -0.4 is 4.90 Å². The molecule has 0 fully saturated rings. The second kappa shape index (κ2) is 11.0. The van der Waals surface area contributed by atoms with Gasteiger partial charge in [-0.1, -0.05) is 97.1 Å². The Morgan fingerprint density at radius 1 is 0.429 bits per heavy atom. The molecular weight excluding hydrogens is 601 g/mol. The average molecular weight is 629 g/mol. The third-order valence-electron chi connectivity index (χ3n) is 9.47. The minimum atomic E-state index is 0.596. The highest BCUT2D eigenvalue weighted by atomic mass is 16.4. The van der Waals surface area contributed by atoms with Crippen LogP contribution in [0.4, 0.5) is 17.1 Å². The highest BCUT2D eigenvalue weighted by molar-refractivity contribution is 6.17. The molecule has 49 heavy (non-hydrogen) atoms. The normalized spacial score (nSPS) is 11.7. The maximum Gasteiger partial charge on any atom is 0.227 e. The number of aromatic nitrogens is 1. The topological polar surface area (TPSA) is 42.4 Å². The van der Waals surface area contributed by atoms with Crippen LogP contribution in [-0.2, 0) is 0 Å². The van der Waals surface area contributed by atoms with Crippen LogP contribution in [-0.4, -0.2) is 4.98 Å². The molecule has 0 unspecified atom stereocenters. The van der Waals surface area contributed by atoms with Crippen LogP contribution in [0.1, 0.15) is 0 Å². The molecule has 4 nitrogen and oxygen atoms in total. The SMILES string of the molecule is c1ccc(-c2nc3ccc4oc5ccc(N(c6ccccc6)c6ccc(-c7cc8ccccc8c8ccccc78)cc6)cc5c4c3o2)cc1. The zero-order valence-corrected chi connectivity index (χ0v) is 26.4. The first-order chi connectivity index (χ1) is 24.3. The molecule has 230 valence electrons. The summed E-state index contributed by atoms with van der Waals surface area (Å²) < 4.78 is 12.8. The summed E-state index contributed by atoms with van der Waals surface area (Å²) in [4.78, 5) is 7.11. The van der Waals surface area contributed by atoms with Crippen LogP contribution in [0.25, 0.3) is 77.2 Å². The van der Waals surface area contributed by atoms with Gasteiger partial charge in [-0.25, -0.2) is 4.98 Å². The van der Waals surface area contributed by atoms with E-state index in [0.717, 1.165) is 55.7 Å². The molecule has 0 N–H and O–H groups in total. The van der Waals surface area contributed by atoms with E-state index in [1.165, 1.54) is 32.7 Å². The molecule has 0 aliphatic heterocycles. The van der Waals surface area contributed by atoms with Crippen molar-refractivity contribution in [2.75, 3.05) is 4.90 Å². The lowest BCUT2D eigenvalue weighted by molar-refractivity contribution is 0.622. The number of hydrogen-bond acceptors (Lipinski definition) is 4. The number of hydrogen-bond donors (Lipinski definition) is 0. The van der Waals surface area contributed by atoms with Crippen molar-refractivity contribution < 1.29 is 8.83 Å². The van der Waals surface area contributed by atoms with Crippen LogP contribution in [0.2, 0.25) is 0 Å². The van der Waals surface area contributed by atoms with Crippen molar-refractivity contribution in [1.29, 1.82) is 0 Å². The molecule has 10 aromatic rings. The molecule has 0 bridgehead atoms. The quantitative estimate of drug-likeness (QED) is 0.178. The van der Waals surface area contributed by atoms with Gasteiger partial charge in [-0.15, -0.1) is 0 Å². The number of para-hydroxylation sites is 1. The predicted octanol–water partition coefficient (Wildman–Crippen LogP) is 12.8. The van der Waals surface area contributed by atoms with Gasteiger partial charge in [-0.05, 0) is 105 Å². The maximum atomic E-state index is 6.43. The lowest BCUT2D eigenvalue weighted by Gasteiger charge is -2.25. The van der Waals surface area contributed by atoms with Crippen molar-refractivity contribution in [3.05, 3.63) is 170 Å². The zero-order valence-electron chi connectivity index (χ0n) is 26.4. The lowest BCUT2D eigenvalue weighted by Crippen LogP contribution is -2.09. The molecule has 0 radical (unpaired) electrons. The molecule has 8 aromatic carbocycles. The number of fused-ring (bicyclic) bond motifs is 8. The van der Waals surface area contributed by atoms with E-state index in [9.17, 15) is 0 Å². The Morgan fingerprint density at radius 2 is 1.08 bits per heavy atom. The van der Waals surface area contributed by atoms with Gasteiger partial charge in [-0.3, -0.25) is 0 Å². The smallest absolute Gasteiger partial charge is 0.227 e. The Kier molecular flexibility index (Phi) is 6.15. The molecule has 0 spiro atoms. The lowest BCUT2D eigenvalue weighted by atomic mass is 9.93. The van der Waals surface area contributed by atoms with Crippen molar-refractivity contribution in [2.24, 2.45) is 0 Å². The first kappa shape index (κ1) is 27.5. The van der Waals surface area contributed by atoms with Crippen molar-refractivity contribution >= 4 is 71.6 Å². The maximum absolute atomic E-state index is 6.43. The molecule has 0 amide bonds. The summed E-state index contributed by atoms with van der Waals surface area (Å²) in [6.07, 6.45) is 0. The van der Waals surface area contributed by atoms with Crippen molar-refractivity contribution in [1.82, 2.24) is 4.98 Å². The Morgan fingerprint density at radius 3 is 1.90 bits per heavy atom. The number of nitrogens with zero attached hydrogens (tertiary/aromatic N) is 2. The van der Waals surface area contributed by atoms with E-state index in [0.29, 0.717) is 5.89 Å². The number of anilines is 3. The van der Waals surface area contributed by atoms with Gasteiger partial charge < -0.3 is 13.7 Å². The minimum absolute atomic E-state index is 0.596. The molecule has 2 aromatic heterocycles. The van der Waals surface area contributed by atoms with Gasteiger partial charge in [0, 0.05) is 28.0 Å². The van der Waals surface area contributed by atoms with Gasteiger partial charge in [0.25, 0.3) is 0 Å². The molecule has 10 rings (SSSR count). The van der Waals surface area contributed by atoms with Crippen LogP contribution in [0, 0.1) is 0 Å². The van der Waals surface area contributed by atoms with E-state index >= 15 is 0 Å². The summed E-state index contributed by atoms with van der Waals surface area (Å²) in [5.41, 5.74) is 9.59. The fraction of sp³-hybridized carbons (Fsp3) is 0. The van der Waals surface area contributed by atoms with E-state index < -0.39 is 0 Å². The van der Waals surface area contributed by atoms with Crippen LogP contribution in [0.15, 0.2) is 179 Å². The van der Waals surface area contributed by atoms with Crippen molar-refractivity contribution in [2.45, 2.75) is 0 Å². The predicted molar refractivity (Wildman–Crippen MR) is 202 cm³/mol. The Labute approximate surface area is 282 Å². The standard InChI is InChI=1S/C45H28N2O2/c1-3-11-30(12-4-1)45-46-40-24-26-42-43(44(40)49-45)39-28-34(23-25-41(39)48-42)47(32-14-5-2-6-15-32)33-21-19-29(20-22-33)38-27-31-13-7-8-16-35(31)36-17-9-10-18-37(36)38/h1-28H. The van der Waals surface area contributed by atoms with E-state index in [2.05, 4.69) is 126 Å². The highest BCUT2D eigenvalue weighted by Gasteiger charge is 2.20. The second-order valence-electron chi connectivity index (χ2n) is 12.4. The molecule has 0 atom stereocenters. The van der Waals surface area contributed by atoms with E-state index in [-0.39, 0.29) is 0 Å². The fourth-order valence-corrected chi connectivity index (χ4v) is 7.19. The molecule has 2 heterocycles. The van der Waals surface area contributed by atoms with E-state index in [1.54, 1.807) is 0 Å². The largest absolute Gasteiger partial charge is 0.456 e. The highest BCUT2D eigenvalue weighted by Crippen LogP contribution is 2.42. The third kappa shape index (κ3) is 4.49. The molecule has 4 heteroatoms. The zero-order chi connectivity index (χ0) is 32.3. The van der Waals surface area contributed by atoms with Crippen LogP contribution in [0.5, 0.6) is 0 Å². The molecule has 0 aliphatic carbocycles. The molecule has 0 aliphatic rings. The number of benzene rings is 8. The van der Waals surface area contributed by atoms with Gasteiger partial charge in [0.1, 0.15) is 16.7 Å². The molecular formula is C45H28N2O2. The first-order valence-corrected chi connectivity index (χ1v) is 16.5. The Balaban J connectivity index is 1.12. The van der Waals surface area contributed by atoms with Gasteiger partial charge in [0.05, 0.1) is 5.39 Å². The summed E-state index contributed by atoms with van der Waals surface area (Å²) in [6, 6.07) is 59.3. The van der Waals surface area contributed by atoms with E-state index in [4.69, 9.17) is 13.8 Å². The number of furan rings is 1. The Bertz CT molecular complexity index is 2820. The second-order valence-corrected chi connectivity index (χ2v) is 12.4. The Hall–Kier alpha value is -6.65. The van der Waals surface area contributed by atoms with Gasteiger partial charge >= 0.3 is 0 Å². The number of oxazole rings is 1. The summed E-state index contributed by atoms with van der Waals surface area (Å²) in [5, 5.41) is 6.94. The fourth-order valence-electron chi connectivity index (χ4n) is 7.19. The van der Waals surface area contributed by atoms with Gasteiger partial charge in [0.15, 0.2) is 5.58 Å². The third-order valence-corrected chi connectivity index (χ3v) is 9.47. The minimum Gasteiger partial charge on any atom is -0.456 e. The van der Waals surface area contributed by atoms with Gasteiger partial charge in [0.2, 0.25) is 5.89 Å². The van der Waals surface area contributed by atoms with Crippen LogP contribution in [0.3, 0.4) is 0 Å². The summed E-state index contributed by atoms with van der Waals surface area (Å²) in [7, 11) is 0. The van der Waals surface area contributed by atoms with Crippen molar-refractivity contribution in [3.8, 4) is 22.6 Å². The first-order valence-electron chi connectivity index (χ1n) is 16.5. The summed E-state index contributed by atoms with van der Waals surface area (Å²) in [6.45, 7) is 0. The van der Waals surface area contributed by atoms with Crippen LogP contribution >= 0.6 is 0 Å². The van der Waals surface area contributed by atoms with Crippen molar-refractivity contribution in [3.63, 3.8) is 0 Å². The molecule has 0 saturated carbocycles. The van der Waals surface area contributed by atoms with E-state index in [1.807, 2.05) is 48.5 Å². The van der Waals surface area contributed by atoms with Gasteiger partial charge in [-0.2, -0.15) is 0 Å². The summed E-state index contributed by atoms with van der Waals surface area (Å²) in [5.74, 6) is 0.596. The monoisotopic (exact) mass is 628 g/mol. The number of rotatable bonds is 5.